The van der Waals surface area contributed by atoms with Crippen molar-refractivity contribution in [1.82, 2.24) is 0 Å². The summed E-state index contributed by atoms with van der Waals surface area (Å²) < 4.78 is 15.5. The van der Waals surface area contributed by atoms with E-state index in [0.717, 1.165) is 5.56 Å². The summed E-state index contributed by atoms with van der Waals surface area (Å²) in [4.78, 5) is 23.7. The summed E-state index contributed by atoms with van der Waals surface area (Å²) >= 11 is 0. The number of anilines is 1. The van der Waals surface area contributed by atoms with Crippen molar-refractivity contribution in [2.45, 2.75) is 20.0 Å². The first-order chi connectivity index (χ1) is 12.0. The van der Waals surface area contributed by atoms with E-state index in [4.69, 9.17) is 19.3 Å². The highest BCUT2D eigenvalue weighted by atomic mass is 16.5. The summed E-state index contributed by atoms with van der Waals surface area (Å²) in [7, 11) is 0. The lowest BCUT2D eigenvalue weighted by Gasteiger charge is -2.14. The van der Waals surface area contributed by atoms with Gasteiger partial charge in [0, 0.05) is 5.69 Å². The molecule has 0 amide bonds. The quantitative estimate of drug-likeness (QED) is 0.459. The number of esters is 1. The minimum atomic E-state index is -0.951. The minimum Gasteiger partial charge on any atom is -0.491 e. The molecule has 1 atom stereocenters. The number of carbonyl (C=O) groups excluding carboxylic acids is 2. The van der Waals surface area contributed by atoms with Gasteiger partial charge in [-0.2, -0.15) is 0 Å². The van der Waals surface area contributed by atoms with E-state index in [2.05, 4.69) is 5.32 Å². The van der Waals surface area contributed by atoms with Crippen molar-refractivity contribution in [2.75, 3.05) is 31.7 Å². The lowest BCUT2D eigenvalue weighted by Crippen LogP contribution is -2.21. The fraction of sp³-hybridized carbons (Fsp3) is 0.412. The van der Waals surface area contributed by atoms with E-state index in [1.165, 1.54) is 0 Å². The van der Waals surface area contributed by atoms with Gasteiger partial charge in [-0.15, -0.1) is 0 Å². The molecule has 1 aromatic carbocycles. The highest BCUT2D eigenvalue weighted by Gasteiger charge is 2.32. The fourth-order valence-electron chi connectivity index (χ4n) is 2.15. The molecular weight excluding hydrogens is 330 g/mol. The zero-order chi connectivity index (χ0) is 18.4. The number of aliphatic hydroxyl groups excluding tert-OH is 2. The number of benzene rings is 1. The summed E-state index contributed by atoms with van der Waals surface area (Å²) in [5.74, 6) is -0.575. The Morgan fingerprint density at radius 1 is 1.44 bits per heavy atom. The third-order valence-electron chi connectivity index (χ3n) is 3.43. The monoisotopic (exact) mass is 351 g/mol. The van der Waals surface area contributed by atoms with Crippen LogP contribution in [0.1, 0.15) is 12.5 Å². The van der Waals surface area contributed by atoms with Crippen LogP contribution in [0.3, 0.4) is 0 Å². The highest BCUT2D eigenvalue weighted by molar-refractivity contribution is 6.19. The average molecular weight is 351 g/mol. The molecule has 0 spiro atoms. The number of hydrogen-bond acceptors (Lipinski definition) is 8. The van der Waals surface area contributed by atoms with E-state index >= 15 is 0 Å². The van der Waals surface area contributed by atoms with Crippen molar-refractivity contribution in [3.8, 4) is 5.75 Å². The summed E-state index contributed by atoms with van der Waals surface area (Å²) in [6.45, 7) is 3.00. The van der Waals surface area contributed by atoms with Gasteiger partial charge in [0.1, 0.15) is 18.5 Å². The van der Waals surface area contributed by atoms with Gasteiger partial charge in [0.15, 0.2) is 12.2 Å². The van der Waals surface area contributed by atoms with Crippen LogP contribution < -0.4 is 10.1 Å². The summed E-state index contributed by atoms with van der Waals surface area (Å²) in [6.07, 6.45) is -0.951. The largest absolute Gasteiger partial charge is 0.491 e. The molecule has 1 unspecified atom stereocenters. The van der Waals surface area contributed by atoms with Crippen molar-refractivity contribution < 1.29 is 34.0 Å². The maximum absolute atomic E-state index is 11.9. The van der Waals surface area contributed by atoms with Crippen LogP contribution in [0.4, 0.5) is 5.69 Å². The van der Waals surface area contributed by atoms with Crippen LogP contribution in [0.5, 0.6) is 5.75 Å². The zero-order valence-electron chi connectivity index (χ0n) is 14.1. The van der Waals surface area contributed by atoms with Crippen LogP contribution >= 0.6 is 0 Å². The summed E-state index contributed by atoms with van der Waals surface area (Å²) in [6, 6.07) is 5.06. The molecular formula is C17H21NO7. The van der Waals surface area contributed by atoms with E-state index < -0.39 is 17.9 Å². The van der Waals surface area contributed by atoms with Crippen LogP contribution in [-0.4, -0.2) is 54.5 Å². The van der Waals surface area contributed by atoms with Crippen LogP contribution in [0.25, 0.3) is 0 Å². The Labute approximate surface area is 145 Å². The maximum atomic E-state index is 11.9. The SMILES string of the molecule is CCOC(=O)C1=C(Nc2ccc(OCC(O)CO)cc2C)OCC1=O. The van der Waals surface area contributed by atoms with Crippen molar-refractivity contribution >= 4 is 17.4 Å². The molecule has 1 heterocycles. The Morgan fingerprint density at radius 2 is 2.20 bits per heavy atom. The first-order valence-corrected chi connectivity index (χ1v) is 7.83. The highest BCUT2D eigenvalue weighted by Crippen LogP contribution is 2.26. The van der Waals surface area contributed by atoms with Gasteiger partial charge < -0.3 is 29.7 Å². The molecule has 0 radical (unpaired) electrons. The normalized spacial score (nSPS) is 15.0. The van der Waals surface area contributed by atoms with Gasteiger partial charge in [0.2, 0.25) is 11.7 Å². The molecule has 0 saturated heterocycles. The van der Waals surface area contributed by atoms with Gasteiger partial charge in [-0.05, 0) is 37.6 Å². The van der Waals surface area contributed by atoms with E-state index in [-0.39, 0.29) is 37.9 Å². The van der Waals surface area contributed by atoms with Gasteiger partial charge >= 0.3 is 5.97 Å². The first kappa shape index (κ1) is 18.8. The van der Waals surface area contributed by atoms with Crippen molar-refractivity contribution in [2.24, 2.45) is 0 Å². The zero-order valence-corrected chi connectivity index (χ0v) is 14.1. The summed E-state index contributed by atoms with van der Waals surface area (Å²) in [5, 5.41) is 21.0. The second kappa shape index (κ2) is 8.50. The van der Waals surface area contributed by atoms with Gasteiger partial charge in [-0.3, -0.25) is 4.79 Å². The molecule has 0 aromatic heterocycles. The number of ether oxygens (including phenoxy) is 3. The number of aliphatic hydroxyl groups is 2. The number of nitrogens with one attached hydrogen (secondary N) is 1. The number of aryl methyl sites for hydroxylation is 1. The molecule has 0 aliphatic carbocycles. The molecule has 1 aliphatic heterocycles. The molecule has 0 saturated carbocycles. The molecule has 25 heavy (non-hydrogen) atoms. The Balaban J connectivity index is 2.13. The molecule has 1 aromatic rings. The number of ketones is 1. The van der Waals surface area contributed by atoms with Crippen molar-refractivity contribution in [3.05, 3.63) is 35.2 Å². The maximum Gasteiger partial charge on any atom is 0.347 e. The standard InChI is InChI=1S/C17H21NO7/c1-3-23-17(22)15-14(21)9-25-16(15)18-13-5-4-12(6-10(13)2)24-8-11(20)7-19/h4-6,11,18-20H,3,7-9H2,1-2H3. The number of rotatable bonds is 8. The van der Waals surface area contributed by atoms with Gasteiger partial charge in [0.05, 0.1) is 13.2 Å². The second-order valence-electron chi connectivity index (χ2n) is 5.39. The Bertz CT molecular complexity index is 684. The van der Waals surface area contributed by atoms with Gasteiger partial charge in [0.25, 0.3) is 0 Å². The van der Waals surface area contributed by atoms with Crippen LogP contribution in [0, 0.1) is 6.92 Å². The average Bonchev–Trinajstić information content (AvgIpc) is 2.95. The van der Waals surface area contributed by atoms with Crippen LogP contribution in [-0.2, 0) is 19.1 Å². The Kier molecular flexibility index (Phi) is 6.37. The molecule has 3 N–H and O–H groups in total. The van der Waals surface area contributed by atoms with Gasteiger partial charge in [-0.1, -0.05) is 0 Å². The molecule has 8 nitrogen and oxygen atoms in total. The van der Waals surface area contributed by atoms with E-state index in [9.17, 15) is 14.7 Å². The topological polar surface area (TPSA) is 114 Å². The van der Waals surface area contributed by atoms with Gasteiger partial charge in [-0.25, -0.2) is 4.79 Å². The van der Waals surface area contributed by atoms with Crippen molar-refractivity contribution in [3.63, 3.8) is 0 Å². The molecule has 1 aliphatic rings. The number of Topliss-reactive ketones (excluding diaryl/α,β-unsaturated/α-hetero) is 1. The molecule has 0 fully saturated rings. The van der Waals surface area contributed by atoms with E-state index in [0.29, 0.717) is 11.4 Å². The second-order valence-corrected chi connectivity index (χ2v) is 5.39. The van der Waals surface area contributed by atoms with E-state index in [1.54, 1.807) is 32.0 Å². The van der Waals surface area contributed by atoms with Crippen LogP contribution in [0.15, 0.2) is 29.7 Å². The number of carbonyl (C=O) groups is 2. The Hall–Kier alpha value is -2.58. The van der Waals surface area contributed by atoms with E-state index in [1.807, 2.05) is 0 Å². The molecule has 0 bridgehead atoms. The molecule has 136 valence electrons. The molecule has 2 rings (SSSR count). The Morgan fingerprint density at radius 3 is 2.84 bits per heavy atom. The minimum absolute atomic E-state index is 0.0293. The molecule has 8 heteroatoms. The third kappa shape index (κ3) is 4.71. The predicted molar refractivity (Wildman–Crippen MR) is 88.0 cm³/mol. The predicted octanol–water partition coefficient (Wildman–Crippen LogP) is 0.513. The van der Waals surface area contributed by atoms with Crippen LogP contribution in [0.2, 0.25) is 0 Å². The van der Waals surface area contributed by atoms with Crippen molar-refractivity contribution in [1.29, 1.82) is 0 Å². The lowest BCUT2D eigenvalue weighted by molar-refractivity contribution is -0.139. The number of hydrogen-bond donors (Lipinski definition) is 3. The lowest BCUT2D eigenvalue weighted by atomic mass is 10.1. The fourth-order valence-corrected chi connectivity index (χ4v) is 2.15. The first-order valence-electron chi connectivity index (χ1n) is 7.83. The smallest absolute Gasteiger partial charge is 0.347 e. The summed E-state index contributed by atoms with van der Waals surface area (Å²) in [5.41, 5.74) is 1.27. The third-order valence-corrected chi connectivity index (χ3v) is 3.43.